The molecule has 1 aromatic carbocycles. The predicted molar refractivity (Wildman–Crippen MR) is 329 cm³/mol. The molecule has 0 unspecified atom stereocenters. The Morgan fingerprint density at radius 2 is 1.60 bits per heavy atom. The molecule has 1 amide bonds. The number of ketones is 1. The molecular weight excluding hydrogens is 1320 g/mol. The fourth-order valence-corrected chi connectivity index (χ4v) is 14.5. The summed E-state index contributed by atoms with van der Waals surface area (Å²) in [5.41, 5.74) is 1.18. The van der Waals surface area contributed by atoms with Gasteiger partial charge in [0, 0.05) is 61.2 Å². The maximum atomic E-state index is 14.5. The fraction of sp³-hybridized carbons (Fsp3) is 0.593. The minimum Gasteiger partial charge on any atom is -0.492 e. The number of hydrogen-bond donors (Lipinski definition) is 8. The Morgan fingerprint density at radius 3 is 2.28 bits per heavy atom. The normalized spacial score (nSPS) is 34.4. The number of pyridine rings is 1. The number of carbonyl (C=O) groups excluding carboxylic acids is 3. The number of alkyl carbamates (subject to hydrolysis) is 1. The molecule has 19 atom stereocenters. The number of ether oxygens (including phenoxy) is 12. The van der Waals surface area contributed by atoms with Gasteiger partial charge in [-0.05, 0) is 86.7 Å². The number of nitrogens with zero attached hydrogens (tertiary/aromatic N) is 1. The van der Waals surface area contributed by atoms with Gasteiger partial charge in [-0.15, -0.1) is 0 Å². The molecule has 0 saturated carbocycles. The molecule has 5 heterocycles. The number of methoxy groups -OCH3 is 5. The van der Waals surface area contributed by atoms with Crippen LogP contribution in [-0.2, 0) is 52.3 Å². The lowest BCUT2D eigenvalue weighted by Crippen LogP contribution is -2.65. The van der Waals surface area contributed by atoms with E-state index in [1.54, 1.807) is 53.3 Å². The number of nitrogens with one attached hydrogen (secondary N) is 3. The van der Waals surface area contributed by atoms with Crippen molar-refractivity contribution < 1.29 is 102 Å². The van der Waals surface area contributed by atoms with Gasteiger partial charge in [0.05, 0.1) is 97.0 Å². The van der Waals surface area contributed by atoms with Gasteiger partial charge in [0.1, 0.15) is 36.6 Å². The Balaban J connectivity index is 1.03. The van der Waals surface area contributed by atoms with E-state index in [0.717, 1.165) is 23.8 Å². The number of Topliss-reactive ketones (excluding diaryl/α,β-unsaturated/α-hetero) is 1. The van der Waals surface area contributed by atoms with Gasteiger partial charge in [0.2, 0.25) is 17.2 Å². The summed E-state index contributed by atoms with van der Waals surface area (Å²) in [7, 11) is 9.65. The molecule has 0 radical (unpaired) electrons. The predicted octanol–water partition coefficient (Wildman–Crippen LogP) is 3.37. The number of aliphatic hydroxyl groups is 5. The van der Waals surface area contributed by atoms with E-state index < -0.39 is 127 Å². The molecule has 88 heavy (non-hydrogen) atoms. The van der Waals surface area contributed by atoms with Crippen LogP contribution in [0.3, 0.4) is 0 Å². The molecule has 8 N–H and O–H groups in total. The number of rotatable bonds is 22. The number of fused-ring (bicyclic) bond motifs is 2. The quantitative estimate of drug-likeness (QED) is 0.0275. The summed E-state index contributed by atoms with van der Waals surface area (Å²) in [6.07, 6.45) is -10.7. The van der Waals surface area contributed by atoms with Crippen LogP contribution in [-0.4, -0.2) is 217 Å². The van der Waals surface area contributed by atoms with E-state index in [4.69, 9.17) is 61.7 Å². The van der Waals surface area contributed by atoms with Crippen LogP contribution >= 0.6 is 55.9 Å². The summed E-state index contributed by atoms with van der Waals surface area (Å²) in [4.78, 5) is 52.8. The van der Waals surface area contributed by atoms with Crippen molar-refractivity contribution in [2.75, 3.05) is 54.5 Å². The lowest BCUT2D eigenvalue weighted by molar-refractivity contribution is -0.336. The van der Waals surface area contributed by atoms with Crippen LogP contribution in [0.1, 0.15) is 62.9 Å². The van der Waals surface area contributed by atoms with E-state index in [1.807, 2.05) is 41.6 Å². The Kier molecular flexibility index (Phi) is 25.3. The minimum absolute atomic E-state index is 0.0233. The third kappa shape index (κ3) is 16.0. The van der Waals surface area contributed by atoms with Crippen LogP contribution in [0.25, 0.3) is 0 Å². The van der Waals surface area contributed by atoms with Gasteiger partial charge in [-0.1, -0.05) is 70.0 Å². The number of hydrogen-bond acceptors (Lipinski definition) is 27. The van der Waals surface area contributed by atoms with Gasteiger partial charge in [-0.2, -0.15) is 5.48 Å². The number of aliphatic hydroxyl groups excluding tert-OH is 4. The van der Waals surface area contributed by atoms with Crippen molar-refractivity contribution in [2.24, 2.45) is 0 Å². The first-order chi connectivity index (χ1) is 42.2. The van der Waals surface area contributed by atoms with E-state index in [2.05, 4.69) is 44.8 Å². The van der Waals surface area contributed by atoms with Crippen molar-refractivity contribution in [3.63, 3.8) is 0 Å². The molecule has 1 aromatic heterocycles. The van der Waals surface area contributed by atoms with E-state index in [9.17, 15) is 39.9 Å². The largest absolute Gasteiger partial charge is 0.492 e. The smallest absolute Gasteiger partial charge is 0.411 e. The number of carbonyl (C=O) groups is 3. The summed E-state index contributed by atoms with van der Waals surface area (Å²) >= 11 is 2.82. The van der Waals surface area contributed by atoms with Gasteiger partial charge < -0.3 is 87.7 Å². The van der Waals surface area contributed by atoms with Crippen LogP contribution in [0, 0.1) is 34.2 Å². The fourth-order valence-electron chi connectivity index (χ4n) is 10.9. The number of likely N-dealkylation sites (N-methyl/N-ethyl adjacent to an activating group) is 1. The molecular formula is C59H75IN4O21S3. The number of thioether (sulfide) groups is 1. The topological polar surface area (TPSA) is 321 Å². The van der Waals surface area contributed by atoms with Crippen molar-refractivity contribution in [1.29, 1.82) is 0 Å². The summed E-state index contributed by atoms with van der Waals surface area (Å²) in [5.74, 6) is 11.3. The molecule has 482 valence electrons. The molecule has 8 rings (SSSR count). The van der Waals surface area contributed by atoms with Gasteiger partial charge in [0.15, 0.2) is 41.8 Å². The van der Waals surface area contributed by atoms with Crippen molar-refractivity contribution in [1.82, 2.24) is 21.1 Å². The van der Waals surface area contributed by atoms with Crippen molar-refractivity contribution in [2.45, 2.75) is 174 Å². The van der Waals surface area contributed by atoms with Crippen LogP contribution in [0.5, 0.6) is 17.2 Å². The summed E-state index contributed by atoms with van der Waals surface area (Å²) in [6, 6.07) is 2.39. The molecule has 2 bridgehead atoms. The molecule has 2 aromatic rings. The van der Waals surface area contributed by atoms with E-state index in [0.29, 0.717) is 15.7 Å². The summed E-state index contributed by atoms with van der Waals surface area (Å²) < 4.78 is 72.7. The summed E-state index contributed by atoms with van der Waals surface area (Å²) in [5, 5.41) is 63.0. The van der Waals surface area contributed by atoms with E-state index in [-0.39, 0.29) is 77.0 Å². The average Bonchev–Trinajstić information content (AvgIpc) is 2.97. The first-order valence-corrected chi connectivity index (χ1v) is 32.6. The highest BCUT2D eigenvalue weighted by Gasteiger charge is 2.52. The second kappa shape index (κ2) is 31.9. The minimum atomic E-state index is -2.10. The Morgan fingerprint density at radius 1 is 0.875 bits per heavy atom. The second-order valence-corrected chi connectivity index (χ2v) is 25.7. The van der Waals surface area contributed by atoms with Crippen LogP contribution in [0.15, 0.2) is 64.5 Å². The zero-order valence-electron chi connectivity index (χ0n) is 50.0. The van der Waals surface area contributed by atoms with Crippen LogP contribution < -0.4 is 30.3 Å². The third-order valence-corrected chi connectivity index (χ3v) is 20.4. The SMILES string of the molecule is CCN[C@H]1CO[C@@H](O[C@H]2[C@H](O[C@H]3C#CC=CC#C[C@]4(O)CC(=O)C(NC(=O)OC)=C3/C4=C\CSSc3ccncc3)O[C@H](C)[C@@H](NO[C@H]3C[C@H](O)[C@H](SC(=O)c4c(C)c(I)c(O[C@@H]5O[C@@H](C)[C@H](O)[C@@H](OC)[C@H]5O)c(OC)c4OC)[C@@H](C)O3)[C@@H]2O)C[C@@H]1OC. The number of halogens is 1. The van der Waals surface area contributed by atoms with Gasteiger partial charge >= 0.3 is 6.09 Å². The van der Waals surface area contributed by atoms with Crippen LogP contribution in [0.2, 0.25) is 0 Å². The lowest BCUT2D eigenvalue weighted by Gasteiger charge is -2.46. The van der Waals surface area contributed by atoms with E-state index >= 15 is 0 Å². The highest BCUT2D eigenvalue weighted by atomic mass is 127. The molecule has 2 aliphatic carbocycles. The van der Waals surface area contributed by atoms with Crippen molar-refractivity contribution >= 4 is 72.9 Å². The number of amides is 1. The molecule has 4 aliphatic heterocycles. The first-order valence-electron chi connectivity index (χ1n) is 28.3. The standard InChI is InChI=1S/C59H75IN4O21S3/c1-11-62-34-27-78-39(25-38(34)73-6)83-52-47(68)44(29(3)80-57(52)82-37-16-14-12-13-15-20-59(72)26-36(66)45(63-58(71)77-10)42(37)33(59)19-23-86-88-32-17-21-61-22-18-32)64-85-40-24-35(65)54(31(5)79-40)87-55(70)41-28(2)43(60)50(53(76-9)49(41)74-7)84-56-48(69)51(75-8)46(67)30(4)81-56/h12-13,17-19,21-22,29-31,34-35,37-40,44,46-48,51-52,54,56-57,62,64-65,67-69,72H,11,23-27H2,1-10H3,(H,63,71)/b13-12?,33-19+/t29-,30+,31-,34+,35+,37+,38+,39+,40+,44-,46+,47+,48-,51-,52-,54-,56+,57+,59+/m1/s1. The molecule has 6 aliphatic rings. The number of allylic oxidation sites excluding steroid dienone is 3. The number of benzene rings is 1. The molecule has 25 nitrogen and oxygen atoms in total. The third-order valence-electron chi connectivity index (χ3n) is 15.5. The second-order valence-electron chi connectivity index (χ2n) is 21.1. The molecule has 29 heteroatoms. The number of aromatic nitrogens is 1. The Hall–Kier alpha value is -4.14. The first kappa shape index (κ1) is 69.7. The summed E-state index contributed by atoms with van der Waals surface area (Å²) in [6.45, 7) is 9.39. The Bertz CT molecular complexity index is 3010. The van der Waals surface area contributed by atoms with Gasteiger partial charge in [0.25, 0.3) is 0 Å². The van der Waals surface area contributed by atoms with Gasteiger partial charge in [-0.3, -0.25) is 24.7 Å². The lowest BCUT2D eigenvalue weighted by atomic mass is 9.75. The molecule has 4 saturated heterocycles. The monoisotopic (exact) mass is 1400 g/mol. The zero-order chi connectivity index (χ0) is 63.6. The molecule has 4 fully saturated rings. The highest BCUT2D eigenvalue weighted by Crippen LogP contribution is 2.49. The zero-order valence-corrected chi connectivity index (χ0v) is 54.6. The van der Waals surface area contributed by atoms with Crippen LogP contribution in [0.4, 0.5) is 4.79 Å². The maximum absolute atomic E-state index is 14.5. The Labute approximate surface area is 536 Å². The number of hydroxylamine groups is 1. The van der Waals surface area contributed by atoms with E-state index in [1.165, 1.54) is 55.1 Å². The van der Waals surface area contributed by atoms with Gasteiger partial charge in [-0.25, -0.2) is 4.79 Å². The highest BCUT2D eigenvalue weighted by molar-refractivity contribution is 14.1. The maximum Gasteiger partial charge on any atom is 0.411 e. The van der Waals surface area contributed by atoms with Crippen molar-refractivity contribution in [3.8, 4) is 40.9 Å². The molecule has 0 spiro atoms. The van der Waals surface area contributed by atoms with Crippen molar-refractivity contribution in [3.05, 3.63) is 74.3 Å². The average molecular weight is 1400 g/mol.